The molecule has 1 aromatic carbocycles. The third-order valence-electron chi connectivity index (χ3n) is 4.12. The molecule has 0 fully saturated rings. The van der Waals surface area contributed by atoms with Gasteiger partial charge in [0, 0.05) is 16.9 Å². The number of carbonyl (C=O) groups is 2. The van der Waals surface area contributed by atoms with Gasteiger partial charge in [0.2, 0.25) is 0 Å². The predicted octanol–water partition coefficient (Wildman–Crippen LogP) is 2.72. The monoisotopic (exact) mass is 371 g/mol. The van der Waals surface area contributed by atoms with Crippen molar-refractivity contribution in [2.75, 3.05) is 10.6 Å². The second kappa shape index (κ2) is 6.74. The van der Waals surface area contributed by atoms with Crippen molar-refractivity contribution in [2.24, 2.45) is 0 Å². The van der Waals surface area contributed by atoms with Gasteiger partial charge in [0.25, 0.3) is 5.91 Å². The van der Waals surface area contributed by atoms with Crippen LogP contribution in [0.4, 0.5) is 17.3 Å². The standard InChI is InChI=1S/C20H13N5O3/c1-2-11-4-3-5-12(8-11)24-17-16-14(19(26)25-18(16)22-10-21-17)9-13-6-7-15(23-13)20(27)28/h1,3-10,23H,(H,27,28)(H2,21,22,24,25,26)/b14-9-. The molecule has 0 spiro atoms. The molecule has 0 aliphatic carbocycles. The molecular weight excluding hydrogens is 358 g/mol. The van der Waals surface area contributed by atoms with Gasteiger partial charge in [-0.05, 0) is 36.4 Å². The topological polar surface area (TPSA) is 120 Å². The van der Waals surface area contributed by atoms with Crippen molar-refractivity contribution in [1.82, 2.24) is 15.0 Å². The van der Waals surface area contributed by atoms with E-state index in [1.54, 1.807) is 24.3 Å². The number of amides is 1. The van der Waals surface area contributed by atoms with E-state index in [1.165, 1.54) is 12.4 Å². The molecule has 3 heterocycles. The number of hydrogen-bond donors (Lipinski definition) is 4. The molecule has 28 heavy (non-hydrogen) atoms. The predicted molar refractivity (Wildman–Crippen MR) is 104 cm³/mol. The van der Waals surface area contributed by atoms with E-state index in [0.29, 0.717) is 39.7 Å². The van der Waals surface area contributed by atoms with Crippen LogP contribution in [0.1, 0.15) is 27.3 Å². The average molecular weight is 371 g/mol. The quantitative estimate of drug-likeness (QED) is 0.413. The molecule has 1 amide bonds. The number of nitrogens with one attached hydrogen (secondary N) is 3. The SMILES string of the molecule is C#Cc1cccc(Nc2ncnc3c2/C(=C/c2ccc(C(=O)O)[nH]2)C(=O)N3)c1. The number of carboxylic acid groups (broad SMARTS) is 1. The Hall–Kier alpha value is -4.38. The first-order chi connectivity index (χ1) is 13.5. The van der Waals surface area contributed by atoms with E-state index < -0.39 is 5.97 Å². The highest BCUT2D eigenvalue weighted by Gasteiger charge is 2.29. The van der Waals surface area contributed by atoms with Gasteiger partial charge in [-0.1, -0.05) is 12.0 Å². The van der Waals surface area contributed by atoms with E-state index in [4.69, 9.17) is 11.5 Å². The molecule has 0 radical (unpaired) electrons. The highest BCUT2D eigenvalue weighted by Crippen LogP contribution is 2.36. The van der Waals surface area contributed by atoms with Gasteiger partial charge in [0.05, 0.1) is 11.1 Å². The summed E-state index contributed by atoms with van der Waals surface area (Å²) in [6, 6.07) is 10.2. The minimum absolute atomic E-state index is 0.0271. The summed E-state index contributed by atoms with van der Waals surface area (Å²) in [5.74, 6) is 1.91. The zero-order chi connectivity index (χ0) is 19.7. The van der Waals surface area contributed by atoms with Gasteiger partial charge < -0.3 is 20.7 Å². The minimum Gasteiger partial charge on any atom is -0.477 e. The van der Waals surface area contributed by atoms with Gasteiger partial charge in [-0.25, -0.2) is 14.8 Å². The van der Waals surface area contributed by atoms with Crippen molar-refractivity contribution in [1.29, 1.82) is 0 Å². The summed E-state index contributed by atoms with van der Waals surface area (Å²) < 4.78 is 0. The zero-order valence-corrected chi connectivity index (χ0v) is 14.4. The van der Waals surface area contributed by atoms with Crippen molar-refractivity contribution < 1.29 is 14.7 Å². The van der Waals surface area contributed by atoms with Crippen LogP contribution in [-0.4, -0.2) is 31.9 Å². The van der Waals surface area contributed by atoms with Crippen LogP contribution in [0, 0.1) is 12.3 Å². The molecule has 1 aliphatic rings. The molecule has 0 saturated heterocycles. The van der Waals surface area contributed by atoms with Crippen LogP contribution in [0.2, 0.25) is 0 Å². The largest absolute Gasteiger partial charge is 0.477 e. The number of rotatable bonds is 4. The van der Waals surface area contributed by atoms with Crippen LogP contribution in [0.3, 0.4) is 0 Å². The van der Waals surface area contributed by atoms with Gasteiger partial charge in [0.15, 0.2) is 0 Å². The van der Waals surface area contributed by atoms with Crippen LogP contribution in [0.25, 0.3) is 11.6 Å². The lowest BCUT2D eigenvalue weighted by Gasteiger charge is -2.09. The Morgan fingerprint density at radius 1 is 1.25 bits per heavy atom. The van der Waals surface area contributed by atoms with E-state index in [-0.39, 0.29) is 11.6 Å². The first-order valence-corrected chi connectivity index (χ1v) is 8.19. The van der Waals surface area contributed by atoms with Gasteiger partial charge >= 0.3 is 5.97 Å². The number of hydrogen-bond acceptors (Lipinski definition) is 5. The lowest BCUT2D eigenvalue weighted by Crippen LogP contribution is -2.04. The fourth-order valence-electron chi connectivity index (χ4n) is 2.86. The molecule has 4 rings (SSSR count). The van der Waals surface area contributed by atoms with E-state index in [9.17, 15) is 9.59 Å². The van der Waals surface area contributed by atoms with Crippen LogP contribution >= 0.6 is 0 Å². The molecule has 3 aromatic rings. The third kappa shape index (κ3) is 3.08. The Bertz CT molecular complexity index is 1190. The van der Waals surface area contributed by atoms with Gasteiger partial charge in [-0.15, -0.1) is 6.42 Å². The number of H-pyrrole nitrogens is 1. The second-order valence-corrected chi connectivity index (χ2v) is 5.94. The molecule has 1 aliphatic heterocycles. The number of benzene rings is 1. The Labute approximate surface area is 159 Å². The first kappa shape index (κ1) is 17.1. The lowest BCUT2D eigenvalue weighted by atomic mass is 10.1. The summed E-state index contributed by atoms with van der Waals surface area (Å²) in [6.45, 7) is 0. The maximum atomic E-state index is 12.4. The Morgan fingerprint density at radius 3 is 2.86 bits per heavy atom. The van der Waals surface area contributed by atoms with Gasteiger partial charge in [-0.2, -0.15) is 0 Å². The molecule has 0 atom stereocenters. The van der Waals surface area contributed by atoms with Crippen LogP contribution in [0.15, 0.2) is 42.7 Å². The zero-order valence-electron chi connectivity index (χ0n) is 14.4. The van der Waals surface area contributed by atoms with E-state index in [0.717, 1.165) is 0 Å². The summed E-state index contributed by atoms with van der Waals surface area (Å²) in [6.07, 6.45) is 8.33. The average Bonchev–Trinajstić information content (AvgIpc) is 3.28. The van der Waals surface area contributed by atoms with Crippen molar-refractivity contribution >= 4 is 40.8 Å². The number of anilines is 3. The van der Waals surface area contributed by atoms with E-state index >= 15 is 0 Å². The molecule has 0 saturated carbocycles. The highest BCUT2D eigenvalue weighted by atomic mass is 16.4. The van der Waals surface area contributed by atoms with Gasteiger partial charge in [0.1, 0.15) is 23.7 Å². The van der Waals surface area contributed by atoms with Crippen molar-refractivity contribution in [3.8, 4) is 12.3 Å². The second-order valence-electron chi connectivity index (χ2n) is 5.94. The van der Waals surface area contributed by atoms with E-state index in [2.05, 4.69) is 31.5 Å². The summed E-state index contributed by atoms with van der Waals surface area (Å²) in [4.78, 5) is 34.6. The molecule has 8 heteroatoms. The molecule has 4 N–H and O–H groups in total. The fraction of sp³-hybridized carbons (Fsp3) is 0. The van der Waals surface area contributed by atoms with Crippen molar-refractivity contribution in [3.05, 3.63) is 65.2 Å². The highest BCUT2D eigenvalue weighted by molar-refractivity contribution is 6.35. The number of terminal acetylenes is 1. The van der Waals surface area contributed by atoms with Crippen LogP contribution in [-0.2, 0) is 4.79 Å². The van der Waals surface area contributed by atoms with E-state index in [1.807, 2.05) is 12.1 Å². The van der Waals surface area contributed by atoms with Crippen molar-refractivity contribution in [3.63, 3.8) is 0 Å². The summed E-state index contributed by atoms with van der Waals surface area (Å²) in [5, 5.41) is 14.9. The molecular formula is C20H13N5O3. The smallest absolute Gasteiger partial charge is 0.352 e. The number of aromatic carboxylic acids is 1. The summed E-state index contributed by atoms with van der Waals surface area (Å²) >= 11 is 0. The maximum absolute atomic E-state index is 12.4. The molecule has 0 unspecified atom stereocenters. The number of aromatic nitrogens is 3. The minimum atomic E-state index is -1.08. The molecule has 2 aromatic heterocycles. The normalized spacial score (nSPS) is 13.7. The fourth-order valence-corrected chi connectivity index (χ4v) is 2.86. The Morgan fingerprint density at radius 2 is 2.11 bits per heavy atom. The van der Waals surface area contributed by atoms with Crippen LogP contribution < -0.4 is 10.6 Å². The Kier molecular flexibility index (Phi) is 4.10. The Balaban J connectivity index is 1.76. The maximum Gasteiger partial charge on any atom is 0.352 e. The molecule has 136 valence electrons. The summed E-state index contributed by atoms with van der Waals surface area (Å²) in [7, 11) is 0. The third-order valence-corrected chi connectivity index (χ3v) is 4.12. The first-order valence-electron chi connectivity index (χ1n) is 8.19. The number of carboxylic acids is 1. The molecule has 8 nitrogen and oxygen atoms in total. The summed E-state index contributed by atoms with van der Waals surface area (Å²) in [5.41, 5.74) is 2.71. The number of aromatic amines is 1. The van der Waals surface area contributed by atoms with Crippen molar-refractivity contribution in [2.45, 2.75) is 0 Å². The van der Waals surface area contributed by atoms with Gasteiger partial charge in [-0.3, -0.25) is 4.79 Å². The lowest BCUT2D eigenvalue weighted by molar-refractivity contribution is -0.110. The van der Waals surface area contributed by atoms with Crippen LogP contribution in [0.5, 0.6) is 0 Å². The number of nitrogens with zero attached hydrogens (tertiary/aromatic N) is 2. The molecule has 0 bridgehead atoms. The number of fused-ring (bicyclic) bond motifs is 1. The number of carbonyl (C=O) groups excluding carboxylic acids is 1.